The summed E-state index contributed by atoms with van der Waals surface area (Å²) >= 11 is 0. The Bertz CT molecular complexity index is 577. The molecule has 0 atom stereocenters. The highest BCUT2D eigenvalue weighted by Crippen LogP contribution is 2.35. The standard InChI is InChI=1S/C15H16O4/c1-8-10(3-5-12(16)14(8)18)7-11-4-6-13(17)15(19)9(11)2/h3-6,16-19H,7H2,1-2H3. The van der Waals surface area contributed by atoms with Crippen LogP contribution in [0.2, 0.25) is 0 Å². The minimum absolute atomic E-state index is 0.127. The highest BCUT2D eigenvalue weighted by Gasteiger charge is 2.12. The Kier molecular flexibility index (Phi) is 3.25. The van der Waals surface area contributed by atoms with Gasteiger partial charge in [-0.15, -0.1) is 0 Å². The fraction of sp³-hybridized carbons (Fsp3) is 0.200. The summed E-state index contributed by atoms with van der Waals surface area (Å²) in [4.78, 5) is 0. The van der Waals surface area contributed by atoms with Crippen LogP contribution < -0.4 is 0 Å². The fourth-order valence-electron chi connectivity index (χ4n) is 2.04. The molecule has 0 spiro atoms. The Labute approximate surface area is 111 Å². The summed E-state index contributed by atoms with van der Waals surface area (Å²) in [6.07, 6.45) is 0.499. The molecule has 0 saturated carbocycles. The van der Waals surface area contributed by atoms with Gasteiger partial charge in [-0.1, -0.05) is 12.1 Å². The molecular weight excluding hydrogens is 244 g/mol. The van der Waals surface area contributed by atoms with Crippen molar-refractivity contribution in [2.45, 2.75) is 20.3 Å². The van der Waals surface area contributed by atoms with Crippen molar-refractivity contribution in [1.29, 1.82) is 0 Å². The van der Waals surface area contributed by atoms with Gasteiger partial charge in [0.15, 0.2) is 23.0 Å². The van der Waals surface area contributed by atoms with Crippen LogP contribution in [0.3, 0.4) is 0 Å². The van der Waals surface area contributed by atoms with E-state index in [0.29, 0.717) is 17.5 Å². The van der Waals surface area contributed by atoms with Crippen LogP contribution in [0, 0.1) is 13.8 Å². The third kappa shape index (κ3) is 2.29. The molecule has 0 amide bonds. The minimum atomic E-state index is -0.147. The van der Waals surface area contributed by atoms with Crippen molar-refractivity contribution < 1.29 is 20.4 Å². The molecule has 0 fully saturated rings. The summed E-state index contributed by atoms with van der Waals surface area (Å²) in [5.74, 6) is -0.547. The first kappa shape index (κ1) is 13.1. The second-order valence-electron chi connectivity index (χ2n) is 4.61. The van der Waals surface area contributed by atoms with E-state index in [2.05, 4.69) is 0 Å². The second-order valence-corrected chi connectivity index (χ2v) is 4.61. The van der Waals surface area contributed by atoms with Crippen molar-refractivity contribution >= 4 is 0 Å². The predicted molar refractivity (Wildman–Crippen MR) is 71.8 cm³/mol. The molecule has 0 radical (unpaired) electrons. The van der Waals surface area contributed by atoms with E-state index < -0.39 is 0 Å². The third-order valence-corrected chi connectivity index (χ3v) is 3.42. The SMILES string of the molecule is Cc1c(Cc2ccc(O)c(O)c2C)ccc(O)c1O. The van der Waals surface area contributed by atoms with E-state index in [1.165, 1.54) is 12.1 Å². The van der Waals surface area contributed by atoms with Crippen LogP contribution in [0.15, 0.2) is 24.3 Å². The molecule has 0 aliphatic heterocycles. The molecule has 2 aromatic rings. The van der Waals surface area contributed by atoms with Gasteiger partial charge in [-0.05, 0) is 54.7 Å². The first-order valence-electron chi connectivity index (χ1n) is 5.92. The van der Waals surface area contributed by atoms with E-state index in [4.69, 9.17) is 0 Å². The summed E-state index contributed by atoms with van der Waals surface area (Å²) in [5, 5.41) is 38.2. The number of aromatic hydroxyl groups is 4. The molecule has 0 unspecified atom stereocenters. The van der Waals surface area contributed by atoms with Gasteiger partial charge in [0.25, 0.3) is 0 Å². The maximum Gasteiger partial charge on any atom is 0.160 e. The number of benzene rings is 2. The van der Waals surface area contributed by atoms with Gasteiger partial charge in [-0.25, -0.2) is 0 Å². The third-order valence-electron chi connectivity index (χ3n) is 3.42. The topological polar surface area (TPSA) is 80.9 Å². The zero-order valence-electron chi connectivity index (χ0n) is 10.8. The van der Waals surface area contributed by atoms with Crippen molar-refractivity contribution in [2.24, 2.45) is 0 Å². The molecule has 100 valence electrons. The molecule has 2 rings (SSSR count). The number of phenolic OH excluding ortho intramolecular Hbond substituents is 4. The molecule has 4 nitrogen and oxygen atoms in total. The summed E-state index contributed by atoms with van der Waals surface area (Å²) in [6.45, 7) is 3.44. The number of rotatable bonds is 2. The van der Waals surface area contributed by atoms with Gasteiger partial charge >= 0.3 is 0 Å². The molecule has 0 aromatic heterocycles. The molecule has 19 heavy (non-hydrogen) atoms. The Morgan fingerprint density at radius 1 is 0.684 bits per heavy atom. The van der Waals surface area contributed by atoms with Crippen LogP contribution in [0.5, 0.6) is 23.0 Å². The Morgan fingerprint density at radius 3 is 1.42 bits per heavy atom. The minimum Gasteiger partial charge on any atom is -0.504 e. The lowest BCUT2D eigenvalue weighted by atomic mass is 9.96. The van der Waals surface area contributed by atoms with Gasteiger partial charge in [0.1, 0.15) is 0 Å². The van der Waals surface area contributed by atoms with Gasteiger partial charge in [0.2, 0.25) is 0 Å². The van der Waals surface area contributed by atoms with E-state index in [1.807, 2.05) is 0 Å². The largest absolute Gasteiger partial charge is 0.504 e. The Balaban J connectivity index is 2.43. The zero-order chi connectivity index (χ0) is 14.2. The smallest absolute Gasteiger partial charge is 0.160 e. The average molecular weight is 260 g/mol. The van der Waals surface area contributed by atoms with E-state index in [0.717, 1.165) is 11.1 Å². The summed E-state index contributed by atoms with van der Waals surface area (Å²) in [7, 11) is 0. The molecule has 0 saturated heterocycles. The van der Waals surface area contributed by atoms with E-state index >= 15 is 0 Å². The predicted octanol–water partition coefficient (Wildman–Crippen LogP) is 2.72. The number of hydrogen-bond donors (Lipinski definition) is 4. The van der Waals surface area contributed by atoms with Crippen molar-refractivity contribution in [3.05, 3.63) is 46.5 Å². The van der Waals surface area contributed by atoms with Gasteiger partial charge in [-0.2, -0.15) is 0 Å². The molecule has 0 aliphatic rings. The van der Waals surface area contributed by atoms with Crippen LogP contribution in [0.25, 0.3) is 0 Å². The fourth-order valence-corrected chi connectivity index (χ4v) is 2.04. The summed E-state index contributed by atoms with van der Waals surface area (Å²) in [6, 6.07) is 6.34. The van der Waals surface area contributed by atoms with Crippen LogP contribution in [-0.2, 0) is 6.42 Å². The normalized spacial score (nSPS) is 10.6. The van der Waals surface area contributed by atoms with Crippen molar-refractivity contribution in [3.8, 4) is 23.0 Å². The second kappa shape index (κ2) is 4.72. The van der Waals surface area contributed by atoms with Gasteiger partial charge < -0.3 is 20.4 Å². The monoisotopic (exact) mass is 260 g/mol. The van der Waals surface area contributed by atoms with Crippen molar-refractivity contribution in [3.63, 3.8) is 0 Å². The van der Waals surface area contributed by atoms with Crippen molar-refractivity contribution in [1.82, 2.24) is 0 Å². The van der Waals surface area contributed by atoms with Gasteiger partial charge in [0, 0.05) is 0 Å². The highest BCUT2D eigenvalue weighted by atomic mass is 16.3. The van der Waals surface area contributed by atoms with E-state index in [1.54, 1.807) is 26.0 Å². The van der Waals surface area contributed by atoms with E-state index in [9.17, 15) is 20.4 Å². The van der Waals surface area contributed by atoms with Gasteiger partial charge in [-0.3, -0.25) is 0 Å². The molecule has 0 heterocycles. The first-order valence-corrected chi connectivity index (χ1v) is 5.92. The Hall–Kier alpha value is -2.36. The van der Waals surface area contributed by atoms with Crippen LogP contribution >= 0.6 is 0 Å². The molecular formula is C15H16O4. The van der Waals surface area contributed by atoms with Crippen molar-refractivity contribution in [2.75, 3.05) is 0 Å². The maximum atomic E-state index is 9.69. The maximum absolute atomic E-state index is 9.69. The molecule has 0 bridgehead atoms. The quantitative estimate of drug-likeness (QED) is 0.626. The molecule has 0 aliphatic carbocycles. The molecule has 2 aromatic carbocycles. The highest BCUT2D eigenvalue weighted by molar-refractivity contribution is 5.53. The molecule has 4 N–H and O–H groups in total. The first-order chi connectivity index (χ1) is 8.91. The zero-order valence-corrected chi connectivity index (χ0v) is 10.8. The average Bonchev–Trinajstić information content (AvgIpc) is 2.39. The lowest BCUT2D eigenvalue weighted by Gasteiger charge is -2.12. The molecule has 4 heteroatoms. The number of phenols is 4. The van der Waals surface area contributed by atoms with Crippen LogP contribution in [0.1, 0.15) is 22.3 Å². The number of hydrogen-bond acceptors (Lipinski definition) is 4. The van der Waals surface area contributed by atoms with E-state index in [-0.39, 0.29) is 23.0 Å². The van der Waals surface area contributed by atoms with Crippen LogP contribution in [-0.4, -0.2) is 20.4 Å². The lowest BCUT2D eigenvalue weighted by Crippen LogP contribution is -1.95. The summed E-state index contributed by atoms with van der Waals surface area (Å²) < 4.78 is 0. The Morgan fingerprint density at radius 2 is 1.05 bits per heavy atom. The van der Waals surface area contributed by atoms with Crippen LogP contribution in [0.4, 0.5) is 0 Å². The lowest BCUT2D eigenvalue weighted by molar-refractivity contribution is 0.399. The van der Waals surface area contributed by atoms with Gasteiger partial charge in [0.05, 0.1) is 0 Å². The summed E-state index contributed by atoms with van der Waals surface area (Å²) in [5.41, 5.74) is 2.91.